The van der Waals surface area contributed by atoms with Crippen LogP contribution in [0, 0.1) is 0 Å². The predicted octanol–water partition coefficient (Wildman–Crippen LogP) is 2.73. The minimum atomic E-state index is -0.900. The number of nitrogens with zero attached hydrogens (tertiary/aromatic N) is 1. The van der Waals surface area contributed by atoms with Crippen LogP contribution < -0.4 is 0 Å². The molecule has 0 fully saturated rings. The lowest BCUT2D eigenvalue weighted by Gasteiger charge is -2.16. The van der Waals surface area contributed by atoms with Crippen LogP contribution in [0.3, 0.4) is 0 Å². The van der Waals surface area contributed by atoms with Crippen molar-refractivity contribution in [3.63, 3.8) is 0 Å². The van der Waals surface area contributed by atoms with Crippen LogP contribution in [-0.2, 0) is 4.79 Å². The molecule has 104 valence electrons. The highest BCUT2D eigenvalue weighted by Gasteiger charge is 2.12. The van der Waals surface area contributed by atoms with Crippen molar-refractivity contribution in [2.24, 2.45) is 0 Å². The third-order valence-corrected chi connectivity index (χ3v) is 3.50. The fraction of sp³-hybridized carbons (Fsp3) is 0.429. The number of carboxylic acid groups (broad SMARTS) is 1. The number of hydrogen-bond donors (Lipinski definition) is 1. The Hall–Kier alpha value is -1.49. The molecule has 0 spiro atoms. The second-order valence-electron chi connectivity index (χ2n) is 4.56. The third kappa shape index (κ3) is 5.34. The number of amides is 1. The summed E-state index contributed by atoms with van der Waals surface area (Å²) >= 11 is 1.74. The van der Waals surface area contributed by atoms with E-state index in [1.807, 2.05) is 12.1 Å². The Labute approximate surface area is 117 Å². The van der Waals surface area contributed by atoms with E-state index in [-0.39, 0.29) is 18.9 Å². The zero-order chi connectivity index (χ0) is 14.4. The Morgan fingerprint density at radius 1 is 1.26 bits per heavy atom. The SMILES string of the molecule is CC(C)Sc1ccc(C(=O)N(C)CCC(=O)O)cc1. The quantitative estimate of drug-likeness (QED) is 0.815. The van der Waals surface area contributed by atoms with Gasteiger partial charge in [-0.25, -0.2) is 0 Å². The van der Waals surface area contributed by atoms with Crippen LogP contribution in [0.5, 0.6) is 0 Å². The van der Waals surface area contributed by atoms with Crippen LogP contribution in [0.1, 0.15) is 30.6 Å². The zero-order valence-electron chi connectivity index (χ0n) is 11.4. The van der Waals surface area contributed by atoms with Crippen LogP contribution in [0.4, 0.5) is 0 Å². The summed E-state index contributed by atoms with van der Waals surface area (Å²) in [5, 5.41) is 9.09. The van der Waals surface area contributed by atoms with E-state index >= 15 is 0 Å². The van der Waals surface area contributed by atoms with Gasteiger partial charge >= 0.3 is 5.97 Å². The first-order valence-electron chi connectivity index (χ1n) is 6.14. The number of carbonyl (C=O) groups is 2. The fourth-order valence-corrected chi connectivity index (χ4v) is 2.37. The highest BCUT2D eigenvalue weighted by atomic mass is 32.2. The van der Waals surface area contributed by atoms with Gasteiger partial charge in [-0.2, -0.15) is 0 Å². The lowest BCUT2D eigenvalue weighted by Crippen LogP contribution is -2.28. The van der Waals surface area contributed by atoms with E-state index in [2.05, 4.69) is 13.8 Å². The average Bonchev–Trinajstić information content (AvgIpc) is 2.35. The van der Waals surface area contributed by atoms with E-state index < -0.39 is 5.97 Å². The molecular formula is C14H19NO3S. The normalized spacial score (nSPS) is 10.5. The molecule has 0 aliphatic rings. The Kier molecular flexibility index (Phi) is 5.89. The maximum Gasteiger partial charge on any atom is 0.305 e. The molecule has 19 heavy (non-hydrogen) atoms. The maximum atomic E-state index is 12.0. The number of carbonyl (C=O) groups excluding carboxylic acids is 1. The van der Waals surface area contributed by atoms with Gasteiger partial charge in [-0.15, -0.1) is 11.8 Å². The van der Waals surface area contributed by atoms with Crippen molar-refractivity contribution in [2.45, 2.75) is 30.4 Å². The van der Waals surface area contributed by atoms with Gasteiger partial charge < -0.3 is 10.0 Å². The van der Waals surface area contributed by atoms with Crippen LogP contribution >= 0.6 is 11.8 Å². The van der Waals surface area contributed by atoms with Gasteiger partial charge in [0.15, 0.2) is 0 Å². The molecule has 0 radical (unpaired) electrons. The molecule has 0 atom stereocenters. The van der Waals surface area contributed by atoms with E-state index in [0.717, 1.165) is 4.90 Å². The summed E-state index contributed by atoms with van der Waals surface area (Å²) in [6, 6.07) is 7.40. The number of thioether (sulfide) groups is 1. The van der Waals surface area contributed by atoms with Crippen molar-refractivity contribution in [3.8, 4) is 0 Å². The van der Waals surface area contributed by atoms with Crippen molar-refractivity contribution in [2.75, 3.05) is 13.6 Å². The van der Waals surface area contributed by atoms with Gasteiger partial charge in [0.1, 0.15) is 0 Å². The monoisotopic (exact) mass is 281 g/mol. The molecule has 1 aromatic carbocycles. The molecule has 0 saturated carbocycles. The van der Waals surface area contributed by atoms with E-state index in [0.29, 0.717) is 10.8 Å². The predicted molar refractivity (Wildman–Crippen MR) is 76.6 cm³/mol. The van der Waals surface area contributed by atoms with Gasteiger partial charge in [0.25, 0.3) is 5.91 Å². The lowest BCUT2D eigenvalue weighted by molar-refractivity contribution is -0.137. The van der Waals surface area contributed by atoms with Crippen molar-refractivity contribution in [1.29, 1.82) is 0 Å². The smallest absolute Gasteiger partial charge is 0.305 e. The number of benzene rings is 1. The molecule has 1 aromatic rings. The van der Waals surface area contributed by atoms with Gasteiger partial charge in [-0.05, 0) is 24.3 Å². The minimum absolute atomic E-state index is 0.0382. The maximum absolute atomic E-state index is 12.0. The number of carboxylic acids is 1. The van der Waals surface area contributed by atoms with Crippen molar-refractivity contribution in [3.05, 3.63) is 29.8 Å². The van der Waals surface area contributed by atoms with Crippen molar-refractivity contribution >= 4 is 23.6 Å². The van der Waals surface area contributed by atoms with Crippen LogP contribution in [0.25, 0.3) is 0 Å². The minimum Gasteiger partial charge on any atom is -0.481 e. The first kappa shape index (κ1) is 15.6. The fourth-order valence-electron chi connectivity index (χ4n) is 1.53. The van der Waals surface area contributed by atoms with Crippen LogP contribution in [-0.4, -0.2) is 40.7 Å². The molecular weight excluding hydrogens is 262 g/mol. The van der Waals surface area contributed by atoms with E-state index in [1.165, 1.54) is 4.90 Å². The lowest BCUT2D eigenvalue weighted by atomic mass is 10.2. The first-order chi connectivity index (χ1) is 8.90. The molecule has 0 unspecified atom stereocenters. The van der Waals surface area contributed by atoms with Gasteiger partial charge in [0.05, 0.1) is 6.42 Å². The van der Waals surface area contributed by atoms with Crippen molar-refractivity contribution in [1.82, 2.24) is 4.90 Å². The summed E-state index contributed by atoms with van der Waals surface area (Å²) in [6.07, 6.45) is -0.0382. The van der Waals surface area contributed by atoms with Gasteiger partial charge in [-0.1, -0.05) is 13.8 Å². The third-order valence-electron chi connectivity index (χ3n) is 2.48. The second kappa shape index (κ2) is 7.19. The summed E-state index contributed by atoms with van der Waals surface area (Å²) in [5.74, 6) is -1.05. The molecule has 0 aliphatic heterocycles. The van der Waals surface area contributed by atoms with Gasteiger partial charge in [-0.3, -0.25) is 9.59 Å². The van der Waals surface area contributed by atoms with E-state index in [4.69, 9.17) is 5.11 Å². The summed E-state index contributed by atoms with van der Waals surface area (Å²) in [7, 11) is 1.61. The number of rotatable bonds is 6. The molecule has 5 heteroatoms. The zero-order valence-corrected chi connectivity index (χ0v) is 12.2. The second-order valence-corrected chi connectivity index (χ2v) is 6.21. The highest BCUT2D eigenvalue weighted by Crippen LogP contribution is 2.23. The number of aliphatic carboxylic acids is 1. The Balaban J connectivity index is 2.64. The standard InChI is InChI=1S/C14H19NO3S/c1-10(2)19-12-6-4-11(5-7-12)14(18)15(3)9-8-13(16)17/h4-7,10H,8-9H2,1-3H3,(H,16,17). The summed E-state index contributed by atoms with van der Waals surface area (Å²) in [5.41, 5.74) is 0.584. The largest absolute Gasteiger partial charge is 0.481 e. The Bertz CT molecular complexity index is 443. The van der Waals surface area contributed by atoms with Crippen molar-refractivity contribution < 1.29 is 14.7 Å². The summed E-state index contributed by atoms with van der Waals surface area (Å²) in [4.78, 5) is 25.0. The molecule has 0 saturated heterocycles. The molecule has 0 heterocycles. The van der Waals surface area contributed by atoms with E-state index in [9.17, 15) is 9.59 Å². The molecule has 1 amide bonds. The van der Waals surface area contributed by atoms with E-state index in [1.54, 1.807) is 30.9 Å². The Morgan fingerprint density at radius 2 is 1.84 bits per heavy atom. The summed E-state index contributed by atoms with van der Waals surface area (Å²) in [6.45, 7) is 4.45. The van der Waals surface area contributed by atoms with Crippen LogP contribution in [0.2, 0.25) is 0 Å². The highest BCUT2D eigenvalue weighted by molar-refractivity contribution is 7.99. The molecule has 4 nitrogen and oxygen atoms in total. The number of hydrogen-bond acceptors (Lipinski definition) is 3. The summed E-state index contributed by atoms with van der Waals surface area (Å²) < 4.78 is 0. The van der Waals surface area contributed by atoms with Gasteiger partial charge in [0, 0.05) is 29.3 Å². The average molecular weight is 281 g/mol. The van der Waals surface area contributed by atoms with Crippen LogP contribution in [0.15, 0.2) is 29.2 Å². The first-order valence-corrected chi connectivity index (χ1v) is 7.02. The van der Waals surface area contributed by atoms with Gasteiger partial charge in [0.2, 0.25) is 0 Å². The molecule has 1 rings (SSSR count). The molecule has 0 aliphatic carbocycles. The molecule has 0 bridgehead atoms. The topological polar surface area (TPSA) is 57.6 Å². The molecule has 1 N–H and O–H groups in total. The Morgan fingerprint density at radius 3 is 2.32 bits per heavy atom. The molecule has 0 aromatic heterocycles.